The van der Waals surface area contributed by atoms with Gasteiger partial charge in [-0.3, -0.25) is 0 Å². The van der Waals surface area contributed by atoms with E-state index in [2.05, 4.69) is 72.2 Å². The van der Waals surface area contributed by atoms with Gasteiger partial charge in [-0.15, -0.1) is 26.3 Å². The van der Waals surface area contributed by atoms with Crippen molar-refractivity contribution in [3.63, 3.8) is 0 Å². The van der Waals surface area contributed by atoms with Crippen molar-refractivity contribution in [3.05, 3.63) is 73.4 Å². The summed E-state index contributed by atoms with van der Waals surface area (Å²) in [6.07, 6.45) is 16.0. The topological polar surface area (TPSA) is 0 Å². The number of allylic oxidation sites excluding steroid dienone is 8. The highest BCUT2D eigenvalue weighted by molar-refractivity contribution is 4.97. The molecule has 0 rings (SSSR count). The molecule has 0 unspecified atom stereocenters. The first-order valence-electron chi connectivity index (χ1n) is 8.92. The normalized spacial score (nSPS) is 8.29. The van der Waals surface area contributed by atoms with E-state index in [0.29, 0.717) is 0 Å². The van der Waals surface area contributed by atoms with E-state index < -0.39 is 0 Å². The molecule has 0 aromatic heterocycles. The van der Waals surface area contributed by atoms with Crippen molar-refractivity contribution < 1.29 is 0 Å². The van der Waals surface area contributed by atoms with E-state index >= 15 is 0 Å². The van der Waals surface area contributed by atoms with Gasteiger partial charge in [0.05, 0.1) is 0 Å². The average molecular weight is 333 g/mol. The molecule has 0 bridgehead atoms. The standard InChI is InChI=1S/C9H16.C8H14.C4H8.C3H6/c1-8(2)6-5-7-9(3)4;1-3-5-7-8-6-4-2;1-4(2)3;1-3-2/h7H,1,5-6H2,2-4H3;3,6,8H,1,4-5,7H2,2H3;1H2,2-3H3;3H,1H2,2H3/b;8-6-;;. The monoisotopic (exact) mass is 332 g/mol. The van der Waals surface area contributed by atoms with Crippen LogP contribution in [0.5, 0.6) is 0 Å². The second kappa shape index (κ2) is 29.5. The Bertz CT molecular complexity index is 342. The summed E-state index contributed by atoms with van der Waals surface area (Å²) >= 11 is 0. The molecular formula is C24H44. The van der Waals surface area contributed by atoms with Crippen molar-refractivity contribution in [3.8, 4) is 0 Å². The van der Waals surface area contributed by atoms with Crippen molar-refractivity contribution in [1.82, 2.24) is 0 Å². The molecule has 0 nitrogen and oxygen atoms in total. The van der Waals surface area contributed by atoms with Gasteiger partial charge < -0.3 is 0 Å². The first-order chi connectivity index (χ1) is 11.2. The number of hydrogen-bond acceptors (Lipinski definition) is 0. The molecule has 0 saturated heterocycles. The molecule has 0 heterocycles. The molecule has 0 spiro atoms. The summed E-state index contributed by atoms with van der Waals surface area (Å²) in [7, 11) is 0. The minimum atomic E-state index is 1.11. The molecule has 0 radical (unpaired) electrons. The third kappa shape index (κ3) is 86.7. The van der Waals surface area contributed by atoms with Crippen LogP contribution >= 0.6 is 0 Å². The minimum Gasteiger partial charge on any atom is -0.103 e. The predicted molar refractivity (Wildman–Crippen MR) is 119 cm³/mol. The van der Waals surface area contributed by atoms with E-state index in [1.54, 1.807) is 6.08 Å². The van der Waals surface area contributed by atoms with E-state index in [4.69, 9.17) is 0 Å². The first-order valence-corrected chi connectivity index (χ1v) is 8.92. The lowest BCUT2D eigenvalue weighted by molar-refractivity contribution is 0.972. The van der Waals surface area contributed by atoms with E-state index in [1.807, 2.05) is 26.8 Å². The number of unbranched alkanes of at least 4 members (excludes halogenated alkanes) is 1. The lowest BCUT2D eigenvalue weighted by Crippen LogP contribution is -1.72. The van der Waals surface area contributed by atoms with Crippen molar-refractivity contribution in [2.24, 2.45) is 0 Å². The first kappa shape index (κ1) is 30.3. The van der Waals surface area contributed by atoms with Crippen molar-refractivity contribution in [2.75, 3.05) is 0 Å². The maximum atomic E-state index is 3.82. The van der Waals surface area contributed by atoms with Gasteiger partial charge in [-0.1, -0.05) is 54.0 Å². The second-order valence-corrected chi connectivity index (χ2v) is 6.14. The van der Waals surface area contributed by atoms with Crippen molar-refractivity contribution in [1.29, 1.82) is 0 Å². The highest BCUT2D eigenvalue weighted by Gasteiger charge is 1.82. The van der Waals surface area contributed by atoms with Gasteiger partial charge in [0.25, 0.3) is 0 Å². The smallest absolute Gasteiger partial charge is 0.0291 e. The summed E-state index contributed by atoms with van der Waals surface area (Å²) in [6.45, 7) is 28.7. The van der Waals surface area contributed by atoms with Gasteiger partial charge >= 0.3 is 0 Å². The van der Waals surface area contributed by atoms with Crippen LogP contribution in [0, 0.1) is 0 Å². The fraction of sp³-hybridized carbons (Fsp3) is 0.500. The molecule has 140 valence electrons. The molecule has 0 aromatic carbocycles. The third-order valence-corrected chi connectivity index (χ3v) is 2.06. The van der Waals surface area contributed by atoms with E-state index in [1.165, 1.54) is 16.7 Å². The molecule has 0 heteroatoms. The molecular weight excluding hydrogens is 288 g/mol. The third-order valence-electron chi connectivity index (χ3n) is 2.06. The van der Waals surface area contributed by atoms with Gasteiger partial charge in [0, 0.05) is 0 Å². The maximum absolute atomic E-state index is 3.82. The van der Waals surface area contributed by atoms with Crippen LogP contribution in [-0.4, -0.2) is 0 Å². The zero-order valence-electron chi connectivity index (χ0n) is 17.8. The number of hydrogen-bond donors (Lipinski definition) is 0. The van der Waals surface area contributed by atoms with E-state index in [0.717, 1.165) is 32.1 Å². The van der Waals surface area contributed by atoms with Crippen LogP contribution in [0.4, 0.5) is 0 Å². The molecule has 24 heavy (non-hydrogen) atoms. The summed E-state index contributed by atoms with van der Waals surface area (Å²) in [6, 6.07) is 0. The number of rotatable bonds is 7. The van der Waals surface area contributed by atoms with Gasteiger partial charge in [0.1, 0.15) is 0 Å². The Kier molecular flexibility index (Phi) is 37.2. The van der Waals surface area contributed by atoms with Gasteiger partial charge in [-0.25, -0.2) is 0 Å². The second-order valence-electron chi connectivity index (χ2n) is 6.14. The molecule has 0 N–H and O–H groups in total. The van der Waals surface area contributed by atoms with E-state index in [-0.39, 0.29) is 0 Å². The molecule has 0 saturated carbocycles. The fourth-order valence-corrected chi connectivity index (χ4v) is 1.11. The SMILES string of the molecule is C=C(C)C.C=C(C)CCC=C(C)C.C=CC.C=CCC/C=C\CC. The molecule has 0 amide bonds. The summed E-state index contributed by atoms with van der Waals surface area (Å²) in [5.41, 5.74) is 3.84. The Balaban J connectivity index is -0.000000122. The zero-order valence-corrected chi connectivity index (χ0v) is 17.8. The van der Waals surface area contributed by atoms with Crippen molar-refractivity contribution >= 4 is 0 Å². The lowest BCUT2D eigenvalue weighted by Gasteiger charge is -1.93. The predicted octanol–water partition coefficient (Wildman–Crippen LogP) is 9.00. The Labute approximate surface area is 154 Å². The lowest BCUT2D eigenvalue weighted by atomic mass is 10.1. The van der Waals surface area contributed by atoms with Crippen LogP contribution in [-0.2, 0) is 0 Å². The molecule has 0 aliphatic heterocycles. The molecule has 0 fully saturated rings. The van der Waals surface area contributed by atoms with Crippen LogP contribution < -0.4 is 0 Å². The maximum Gasteiger partial charge on any atom is -0.0291 e. The van der Waals surface area contributed by atoms with Gasteiger partial charge in [-0.2, -0.15) is 0 Å². The largest absolute Gasteiger partial charge is 0.103 e. The van der Waals surface area contributed by atoms with Gasteiger partial charge in [-0.05, 0) is 73.6 Å². The van der Waals surface area contributed by atoms with Gasteiger partial charge in [0.15, 0.2) is 0 Å². The zero-order chi connectivity index (χ0) is 19.8. The molecule has 0 aliphatic rings. The molecule has 0 aliphatic carbocycles. The summed E-state index contributed by atoms with van der Waals surface area (Å²) in [4.78, 5) is 0. The Morgan fingerprint density at radius 3 is 1.58 bits per heavy atom. The van der Waals surface area contributed by atoms with Crippen molar-refractivity contribution in [2.45, 2.75) is 80.6 Å². The van der Waals surface area contributed by atoms with Crippen LogP contribution in [0.25, 0.3) is 0 Å². The Morgan fingerprint density at radius 2 is 1.29 bits per heavy atom. The molecule has 0 atom stereocenters. The van der Waals surface area contributed by atoms with Crippen LogP contribution in [0.15, 0.2) is 73.4 Å². The average Bonchev–Trinajstić information content (AvgIpc) is 2.44. The summed E-state index contributed by atoms with van der Waals surface area (Å²) in [5.74, 6) is 0. The Hall–Kier alpha value is -1.56. The minimum absolute atomic E-state index is 1.11. The highest BCUT2D eigenvalue weighted by Crippen LogP contribution is 2.03. The van der Waals surface area contributed by atoms with Crippen LogP contribution in [0.2, 0.25) is 0 Å². The summed E-state index contributed by atoms with van der Waals surface area (Å²) < 4.78 is 0. The van der Waals surface area contributed by atoms with Crippen LogP contribution in [0.1, 0.15) is 80.6 Å². The van der Waals surface area contributed by atoms with Gasteiger partial charge in [0.2, 0.25) is 0 Å². The molecule has 0 aromatic rings. The highest BCUT2D eigenvalue weighted by atomic mass is 13.9. The van der Waals surface area contributed by atoms with E-state index in [9.17, 15) is 0 Å². The summed E-state index contributed by atoms with van der Waals surface area (Å²) in [5, 5.41) is 0. The Morgan fingerprint density at radius 1 is 0.833 bits per heavy atom. The quantitative estimate of drug-likeness (QED) is 0.322. The van der Waals surface area contributed by atoms with Crippen LogP contribution in [0.3, 0.4) is 0 Å². The fourth-order valence-electron chi connectivity index (χ4n) is 1.11.